The number of aliphatic carboxylic acids is 1. The van der Waals surface area contributed by atoms with Crippen molar-refractivity contribution in [3.8, 4) is 17.2 Å². The van der Waals surface area contributed by atoms with Gasteiger partial charge in [-0.15, -0.1) is 0 Å². The fourth-order valence-corrected chi connectivity index (χ4v) is 4.74. The smallest absolute Gasteiger partial charge is 0.311 e. The molecule has 1 aromatic heterocycles. The summed E-state index contributed by atoms with van der Waals surface area (Å²) in [7, 11) is 0. The minimum absolute atomic E-state index is 0.0911. The van der Waals surface area contributed by atoms with Gasteiger partial charge in [-0.25, -0.2) is 0 Å². The zero-order chi connectivity index (χ0) is 24.4. The van der Waals surface area contributed by atoms with Gasteiger partial charge in [-0.05, 0) is 74.1 Å². The number of benzene rings is 2. The Balaban J connectivity index is 1.20. The Morgan fingerprint density at radius 1 is 1.11 bits per heavy atom. The number of carbonyl (C=O) groups excluding carboxylic acids is 1. The topological polar surface area (TPSA) is 85.7 Å². The number of hydrogen-bond acceptors (Lipinski definition) is 5. The summed E-state index contributed by atoms with van der Waals surface area (Å²) in [5, 5.41) is 9.75. The molecule has 2 aromatic carbocycles. The minimum Gasteiger partial charge on any atom is -0.493 e. The third-order valence-corrected chi connectivity index (χ3v) is 6.84. The van der Waals surface area contributed by atoms with Crippen molar-refractivity contribution in [3.05, 3.63) is 82.1 Å². The number of carboxylic acids is 1. The molecule has 6 nitrogen and oxygen atoms in total. The van der Waals surface area contributed by atoms with Gasteiger partial charge in [-0.3, -0.25) is 14.6 Å². The predicted molar refractivity (Wildman–Crippen MR) is 132 cm³/mol. The number of aryl methyl sites for hydroxylation is 1. The maximum absolute atomic E-state index is 12.7. The lowest BCUT2D eigenvalue weighted by Gasteiger charge is -2.24. The third kappa shape index (κ3) is 5.33. The Labute approximate surface area is 208 Å². The van der Waals surface area contributed by atoms with Gasteiger partial charge in [0.15, 0.2) is 5.78 Å². The van der Waals surface area contributed by atoms with Gasteiger partial charge in [0, 0.05) is 41.4 Å². The molecular formula is C28H26ClNO5. The van der Waals surface area contributed by atoms with E-state index in [9.17, 15) is 14.7 Å². The summed E-state index contributed by atoms with van der Waals surface area (Å²) in [6.07, 6.45) is 6.78. The molecule has 0 spiro atoms. The molecule has 0 amide bonds. The predicted octanol–water partition coefficient (Wildman–Crippen LogP) is 6.56. The Bertz CT molecular complexity index is 1250. The van der Waals surface area contributed by atoms with Crippen molar-refractivity contribution in [2.75, 3.05) is 6.61 Å². The third-order valence-electron chi connectivity index (χ3n) is 6.55. The molecule has 1 aliphatic carbocycles. The molecule has 3 aromatic rings. The Morgan fingerprint density at radius 2 is 1.91 bits per heavy atom. The molecule has 2 aliphatic rings. The summed E-state index contributed by atoms with van der Waals surface area (Å²) in [6.45, 7) is 0.324. The van der Waals surface area contributed by atoms with E-state index in [4.69, 9.17) is 21.1 Å². The van der Waals surface area contributed by atoms with E-state index in [-0.39, 0.29) is 5.78 Å². The first-order chi connectivity index (χ1) is 17.0. The quantitative estimate of drug-likeness (QED) is 0.341. The minimum atomic E-state index is -0.900. The van der Waals surface area contributed by atoms with Crippen LogP contribution in [0.4, 0.5) is 0 Å². The van der Waals surface area contributed by atoms with Crippen LogP contribution in [-0.4, -0.2) is 28.4 Å². The molecule has 0 bridgehead atoms. The number of carboxylic acid groups (broad SMARTS) is 1. The second kappa shape index (κ2) is 10.1. The van der Waals surface area contributed by atoms with Gasteiger partial charge >= 0.3 is 5.97 Å². The summed E-state index contributed by atoms with van der Waals surface area (Å²) in [5.41, 5.74) is 3.64. The molecule has 5 rings (SSSR count). The van der Waals surface area contributed by atoms with Crippen LogP contribution in [0.15, 0.2) is 54.7 Å². The van der Waals surface area contributed by atoms with Crippen LogP contribution >= 0.6 is 11.6 Å². The van der Waals surface area contributed by atoms with Crippen LogP contribution in [0.3, 0.4) is 0 Å². The molecule has 1 fully saturated rings. The maximum Gasteiger partial charge on any atom is 0.311 e. The number of aromatic nitrogens is 1. The Hall–Kier alpha value is -3.38. The van der Waals surface area contributed by atoms with Crippen LogP contribution in [0.5, 0.6) is 17.2 Å². The van der Waals surface area contributed by atoms with Gasteiger partial charge in [0.25, 0.3) is 0 Å². The number of hydrogen-bond donors (Lipinski definition) is 1. The molecule has 2 heterocycles. The van der Waals surface area contributed by atoms with Crippen LogP contribution < -0.4 is 9.47 Å². The highest BCUT2D eigenvalue weighted by atomic mass is 35.5. The number of ether oxygens (including phenoxy) is 2. The first-order valence-electron chi connectivity index (χ1n) is 11.9. The standard InChI is InChI=1S/C28H26ClNO5/c29-23-15-22-21(28(32)33)12-14-34-25(22)16-26(23)35-20-10-8-17(9-11-20)24(31)5-1-3-18-4-2-13-30-27(18)19-6-7-19/h2,4,8-11,13,15-16,19,21H,1,3,5-7,12,14H2,(H,32,33). The van der Waals surface area contributed by atoms with Gasteiger partial charge in [0.05, 0.1) is 17.5 Å². The maximum atomic E-state index is 12.7. The van der Waals surface area contributed by atoms with Gasteiger partial charge in [-0.1, -0.05) is 17.7 Å². The molecular weight excluding hydrogens is 466 g/mol. The largest absolute Gasteiger partial charge is 0.493 e. The number of ketones is 1. The lowest BCUT2D eigenvalue weighted by atomic mass is 9.93. The molecule has 1 saturated carbocycles. The van der Waals surface area contributed by atoms with Crippen molar-refractivity contribution < 1.29 is 24.2 Å². The average molecular weight is 492 g/mol. The summed E-state index contributed by atoms with van der Waals surface area (Å²) in [4.78, 5) is 28.7. The zero-order valence-electron chi connectivity index (χ0n) is 19.2. The molecule has 1 N–H and O–H groups in total. The van der Waals surface area contributed by atoms with Gasteiger partial charge < -0.3 is 14.6 Å². The van der Waals surface area contributed by atoms with Crippen LogP contribution in [0.25, 0.3) is 0 Å². The van der Waals surface area contributed by atoms with Crippen LogP contribution in [0, 0.1) is 0 Å². The number of Topliss-reactive ketones (excluding diaryl/α,β-unsaturated/α-hetero) is 1. The number of nitrogens with zero attached hydrogens (tertiary/aromatic N) is 1. The van der Waals surface area contributed by atoms with Crippen LogP contribution in [-0.2, 0) is 11.2 Å². The molecule has 35 heavy (non-hydrogen) atoms. The first-order valence-corrected chi connectivity index (χ1v) is 12.3. The Morgan fingerprint density at radius 3 is 2.66 bits per heavy atom. The molecule has 1 unspecified atom stereocenters. The van der Waals surface area contributed by atoms with Gasteiger partial charge in [0.1, 0.15) is 17.2 Å². The van der Waals surface area contributed by atoms with Crippen molar-refractivity contribution in [1.29, 1.82) is 0 Å². The highest BCUT2D eigenvalue weighted by Crippen LogP contribution is 2.42. The monoisotopic (exact) mass is 491 g/mol. The van der Waals surface area contributed by atoms with Crippen molar-refractivity contribution in [3.63, 3.8) is 0 Å². The van der Waals surface area contributed by atoms with E-state index >= 15 is 0 Å². The highest BCUT2D eigenvalue weighted by Gasteiger charge is 2.29. The number of rotatable bonds is 9. The van der Waals surface area contributed by atoms with E-state index in [0.29, 0.717) is 58.8 Å². The SMILES string of the molecule is O=C(CCCc1cccnc1C1CC1)c1ccc(Oc2cc3c(cc2Cl)C(C(=O)O)CCO3)cc1. The number of pyridine rings is 1. The van der Waals surface area contributed by atoms with Crippen molar-refractivity contribution >= 4 is 23.4 Å². The van der Waals surface area contributed by atoms with E-state index in [0.717, 1.165) is 12.8 Å². The van der Waals surface area contributed by atoms with Crippen molar-refractivity contribution in [1.82, 2.24) is 4.98 Å². The van der Waals surface area contributed by atoms with Crippen molar-refractivity contribution in [2.45, 2.75) is 50.4 Å². The lowest BCUT2D eigenvalue weighted by Crippen LogP contribution is -2.20. The van der Waals surface area contributed by atoms with Gasteiger partial charge in [-0.2, -0.15) is 0 Å². The van der Waals surface area contributed by atoms with Crippen LogP contribution in [0.1, 0.15) is 71.1 Å². The fraction of sp³-hybridized carbons (Fsp3) is 0.321. The molecule has 0 radical (unpaired) electrons. The second-order valence-corrected chi connectivity index (χ2v) is 9.48. The summed E-state index contributed by atoms with van der Waals surface area (Å²) in [6, 6.07) is 14.3. The average Bonchev–Trinajstić information content (AvgIpc) is 3.70. The summed E-state index contributed by atoms with van der Waals surface area (Å²) < 4.78 is 11.5. The van der Waals surface area contributed by atoms with Crippen molar-refractivity contribution in [2.24, 2.45) is 0 Å². The number of carbonyl (C=O) groups is 2. The zero-order valence-corrected chi connectivity index (χ0v) is 20.0. The van der Waals surface area contributed by atoms with Crippen LogP contribution in [0.2, 0.25) is 5.02 Å². The summed E-state index contributed by atoms with van der Waals surface area (Å²) >= 11 is 6.37. The Kier molecular flexibility index (Phi) is 6.73. The molecule has 1 aliphatic heterocycles. The molecule has 1 atom stereocenters. The van der Waals surface area contributed by atoms with E-state index < -0.39 is 11.9 Å². The van der Waals surface area contributed by atoms with E-state index in [1.165, 1.54) is 24.1 Å². The normalized spacial score (nSPS) is 16.8. The van der Waals surface area contributed by atoms with E-state index in [2.05, 4.69) is 11.1 Å². The second-order valence-electron chi connectivity index (χ2n) is 9.07. The summed E-state index contributed by atoms with van der Waals surface area (Å²) in [5.74, 6) is 0.513. The lowest BCUT2D eigenvalue weighted by molar-refractivity contribution is -0.139. The molecule has 180 valence electrons. The number of fused-ring (bicyclic) bond motifs is 1. The fourth-order valence-electron chi connectivity index (χ4n) is 4.53. The molecule has 7 heteroatoms. The highest BCUT2D eigenvalue weighted by molar-refractivity contribution is 6.32. The van der Waals surface area contributed by atoms with Gasteiger partial charge in [0.2, 0.25) is 0 Å². The number of halogens is 1. The van der Waals surface area contributed by atoms with E-state index in [1.54, 1.807) is 36.4 Å². The first kappa shape index (κ1) is 23.4. The molecule has 0 saturated heterocycles. The van der Waals surface area contributed by atoms with E-state index in [1.807, 2.05) is 12.3 Å².